The van der Waals surface area contributed by atoms with Gasteiger partial charge in [-0.1, -0.05) is 6.07 Å². The molecule has 1 N–H and O–H groups in total. The molecule has 7 nitrogen and oxygen atoms in total. The zero-order valence-corrected chi connectivity index (χ0v) is 12.7. The lowest BCUT2D eigenvalue weighted by molar-refractivity contribution is 0.0651. The van der Waals surface area contributed by atoms with Crippen LogP contribution in [0.5, 0.6) is 5.88 Å². The van der Waals surface area contributed by atoms with E-state index in [-0.39, 0.29) is 18.9 Å². The minimum Gasteiger partial charge on any atom is -0.481 e. The number of hydrogen-bond donors (Lipinski definition) is 1. The molecule has 2 rings (SSSR count). The third-order valence-electron chi connectivity index (χ3n) is 3.16. The van der Waals surface area contributed by atoms with Crippen molar-refractivity contribution < 1.29 is 18.3 Å². The first-order chi connectivity index (χ1) is 11.0. The van der Waals surface area contributed by atoms with Crippen molar-refractivity contribution in [2.75, 3.05) is 14.2 Å². The summed E-state index contributed by atoms with van der Waals surface area (Å²) >= 11 is 0. The number of urea groups is 1. The quantitative estimate of drug-likeness (QED) is 0.882. The lowest BCUT2D eigenvalue weighted by atomic mass is 10.2. The van der Waals surface area contributed by atoms with Crippen molar-refractivity contribution >= 4 is 6.03 Å². The molecule has 0 aliphatic rings. The van der Waals surface area contributed by atoms with Crippen LogP contribution in [0.25, 0.3) is 0 Å². The molecule has 0 saturated carbocycles. The van der Waals surface area contributed by atoms with Gasteiger partial charge in [0.1, 0.15) is 5.82 Å². The Labute approximate surface area is 131 Å². The number of alkyl halides is 2. The fraction of sp³-hybridized carbons (Fsp3) is 0.357. The summed E-state index contributed by atoms with van der Waals surface area (Å²) in [5.74, 6) is 0.528. The summed E-state index contributed by atoms with van der Waals surface area (Å²) in [6.07, 6.45) is 4.03. The Kier molecular flexibility index (Phi) is 5.45. The molecular formula is C14H17F2N5O2. The van der Waals surface area contributed by atoms with E-state index >= 15 is 0 Å². The van der Waals surface area contributed by atoms with E-state index < -0.39 is 12.6 Å². The summed E-state index contributed by atoms with van der Waals surface area (Å²) in [4.78, 5) is 21.2. The molecule has 2 aromatic heterocycles. The van der Waals surface area contributed by atoms with Crippen LogP contribution in [0.2, 0.25) is 0 Å². The summed E-state index contributed by atoms with van der Waals surface area (Å²) in [7, 11) is 2.99. The van der Waals surface area contributed by atoms with E-state index in [1.165, 1.54) is 31.5 Å². The van der Waals surface area contributed by atoms with E-state index in [0.717, 1.165) is 0 Å². The minimum absolute atomic E-state index is 0.0344. The second-order valence-electron chi connectivity index (χ2n) is 4.71. The highest BCUT2D eigenvalue weighted by Crippen LogP contribution is 2.14. The van der Waals surface area contributed by atoms with E-state index in [1.807, 2.05) is 0 Å². The second-order valence-corrected chi connectivity index (χ2v) is 4.71. The number of ether oxygens (including phenoxy) is 1. The number of aromatic nitrogens is 3. The van der Waals surface area contributed by atoms with Gasteiger partial charge in [-0.25, -0.2) is 14.8 Å². The number of nitrogens with zero attached hydrogens (tertiary/aromatic N) is 4. The monoisotopic (exact) mass is 325 g/mol. The summed E-state index contributed by atoms with van der Waals surface area (Å²) in [6, 6.07) is 3.09. The molecule has 0 fully saturated rings. The molecule has 0 aromatic carbocycles. The number of carbonyl (C=O) groups is 1. The van der Waals surface area contributed by atoms with Gasteiger partial charge in [-0.05, 0) is 6.07 Å². The van der Waals surface area contributed by atoms with Gasteiger partial charge >= 0.3 is 12.6 Å². The highest BCUT2D eigenvalue weighted by atomic mass is 19.3. The molecule has 0 atom stereocenters. The Bertz CT molecular complexity index is 662. The average molecular weight is 325 g/mol. The molecule has 0 radical (unpaired) electrons. The Morgan fingerprint density at radius 1 is 1.43 bits per heavy atom. The maximum atomic E-state index is 12.7. The molecule has 0 aliphatic heterocycles. The number of halogens is 2. The molecule has 0 spiro atoms. The van der Waals surface area contributed by atoms with Gasteiger partial charge in [0.25, 0.3) is 0 Å². The predicted molar refractivity (Wildman–Crippen MR) is 78.0 cm³/mol. The van der Waals surface area contributed by atoms with Crippen LogP contribution in [0, 0.1) is 0 Å². The molecule has 2 amide bonds. The molecule has 124 valence electrons. The summed E-state index contributed by atoms with van der Waals surface area (Å²) in [5, 5.41) is 2.68. The van der Waals surface area contributed by atoms with Crippen molar-refractivity contribution in [2.24, 2.45) is 0 Å². The summed E-state index contributed by atoms with van der Waals surface area (Å²) < 4.78 is 31.3. The first kappa shape index (κ1) is 16.7. The minimum atomic E-state index is -2.69. The standard InChI is InChI=1S/C14H17F2N5O2/c1-20(9-11-17-6-7-21(11)13(15)16)14(22)19-8-10-4-3-5-18-12(10)23-2/h3-7,13H,8-9H2,1-2H3,(H,19,22). The van der Waals surface area contributed by atoms with Gasteiger partial charge in [0.2, 0.25) is 5.88 Å². The zero-order valence-electron chi connectivity index (χ0n) is 12.7. The van der Waals surface area contributed by atoms with Gasteiger partial charge in [-0.2, -0.15) is 8.78 Å². The second kappa shape index (κ2) is 7.52. The van der Waals surface area contributed by atoms with Gasteiger partial charge in [-0.3, -0.25) is 4.57 Å². The van der Waals surface area contributed by atoms with Gasteiger partial charge in [0.05, 0.1) is 13.7 Å². The van der Waals surface area contributed by atoms with Crippen molar-refractivity contribution in [2.45, 2.75) is 19.6 Å². The molecule has 2 aromatic rings. The van der Waals surface area contributed by atoms with E-state index in [1.54, 1.807) is 18.3 Å². The third-order valence-corrected chi connectivity index (χ3v) is 3.16. The Morgan fingerprint density at radius 2 is 2.22 bits per heavy atom. The molecule has 0 unspecified atom stereocenters. The van der Waals surface area contributed by atoms with Crippen LogP contribution in [-0.2, 0) is 13.1 Å². The van der Waals surface area contributed by atoms with Crippen molar-refractivity contribution in [3.05, 3.63) is 42.1 Å². The van der Waals surface area contributed by atoms with Crippen LogP contribution in [0.15, 0.2) is 30.7 Å². The van der Waals surface area contributed by atoms with Gasteiger partial charge in [-0.15, -0.1) is 0 Å². The topological polar surface area (TPSA) is 72.3 Å². The number of carbonyl (C=O) groups excluding carboxylic acids is 1. The number of hydrogen-bond acceptors (Lipinski definition) is 4. The number of methoxy groups -OCH3 is 1. The fourth-order valence-corrected chi connectivity index (χ4v) is 1.98. The van der Waals surface area contributed by atoms with Crippen molar-refractivity contribution in [3.8, 4) is 5.88 Å². The Hall–Kier alpha value is -2.71. The van der Waals surface area contributed by atoms with Crippen LogP contribution in [0.4, 0.5) is 13.6 Å². The van der Waals surface area contributed by atoms with Gasteiger partial charge in [0, 0.05) is 37.7 Å². The van der Waals surface area contributed by atoms with E-state index in [9.17, 15) is 13.6 Å². The highest BCUT2D eigenvalue weighted by Gasteiger charge is 2.16. The summed E-state index contributed by atoms with van der Waals surface area (Å²) in [6.45, 7) is -2.51. The van der Waals surface area contributed by atoms with Gasteiger partial charge < -0.3 is 15.0 Å². The molecule has 2 heterocycles. The fourth-order valence-electron chi connectivity index (χ4n) is 1.98. The van der Waals surface area contributed by atoms with Crippen LogP contribution in [0.3, 0.4) is 0 Å². The van der Waals surface area contributed by atoms with Crippen LogP contribution >= 0.6 is 0 Å². The number of pyridine rings is 1. The van der Waals surface area contributed by atoms with Gasteiger partial charge in [0.15, 0.2) is 0 Å². The van der Waals surface area contributed by atoms with Crippen molar-refractivity contribution in [3.63, 3.8) is 0 Å². The smallest absolute Gasteiger partial charge is 0.319 e. The number of rotatable bonds is 6. The Morgan fingerprint density at radius 3 is 2.91 bits per heavy atom. The first-order valence-corrected chi connectivity index (χ1v) is 6.79. The average Bonchev–Trinajstić information content (AvgIpc) is 3.01. The maximum Gasteiger partial charge on any atom is 0.319 e. The molecule has 0 bridgehead atoms. The highest BCUT2D eigenvalue weighted by molar-refractivity contribution is 5.73. The lowest BCUT2D eigenvalue weighted by Gasteiger charge is -2.18. The summed E-state index contributed by atoms with van der Waals surface area (Å²) in [5.41, 5.74) is 0.714. The number of imidazole rings is 1. The predicted octanol–water partition coefficient (Wildman–Crippen LogP) is 2.02. The molecule has 0 aliphatic carbocycles. The lowest BCUT2D eigenvalue weighted by Crippen LogP contribution is -2.37. The number of amides is 2. The van der Waals surface area contributed by atoms with E-state index in [0.29, 0.717) is 16.0 Å². The van der Waals surface area contributed by atoms with Crippen molar-refractivity contribution in [1.82, 2.24) is 24.8 Å². The van der Waals surface area contributed by atoms with Crippen molar-refractivity contribution in [1.29, 1.82) is 0 Å². The van der Waals surface area contributed by atoms with E-state index in [4.69, 9.17) is 4.74 Å². The van der Waals surface area contributed by atoms with Crippen LogP contribution < -0.4 is 10.1 Å². The molecule has 9 heteroatoms. The molecular weight excluding hydrogens is 308 g/mol. The van der Waals surface area contributed by atoms with Crippen LogP contribution in [-0.4, -0.2) is 39.6 Å². The normalized spacial score (nSPS) is 10.7. The SMILES string of the molecule is COc1ncccc1CNC(=O)N(C)Cc1nccn1C(F)F. The van der Waals surface area contributed by atoms with Crippen LogP contribution in [0.1, 0.15) is 17.9 Å². The molecule has 23 heavy (non-hydrogen) atoms. The largest absolute Gasteiger partial charge is 0.481 e. The number of nitrogens with one attached hydrogen (secondary N) is 1. The zero-order chi connectivity index (χ0) is 16.8. The molecule has 0 saturated heterocycles. The van der Waals surface area contributed by atoms with E-state index in [2.05, 4.69) is 15.3 Å². The third kappa shape index (κ3) is 4.15. The Balaban J connectivity index is 1.94. The maximum absolute atomic E-state index is 12.7. The first-order valence-electron chi connectivity index (χ1n) is 6.79.